The van der Waals surface area contributed by atoms with Crippen LogP contribution in [-0.4, -0.2) is 43.2 Å². The minimum Gasteiger partial charge on any atom is -0.334 e. The Kier molecular flexibility index (Phi) is 5.65. The van der Waals surface area contributed by atoms with Gasteiger partial charge < -0.3 is 10.2 Å². The van der Waals surface area contributed by atoms with Gasteiger partial charge in [-0.1, -0.05) is 41.9 Å². The lowest BCUT2D eigenvalue weighted by molar-refractivity contribution is 0.189. The average Bonchev–Trinajstić information content (AvgIpc) is 3.10. The maximum atomic E-state index is 12.8. The van der Waals surface area contributed by atoms with Crippen LogP contribution in [0.3, 0.4) is 0 Å². The van der Waals surface area contributed by atoms with Gasteiger partial charge in [-0.05, 0) is 61.6 Å². The monoisotopic (exact) mass is 383 g/mol. The summed E-state index contributed by atoms with van der Waals surface area (Å²) < 4.78 is 0. The summed E-state index contributed by atoms with van der Waals surface area (Å²) in [6.45, 7) is 3.82. The summed E-state index contributed by atoms with van der Waals surface area (Å²) in [5.74, 6) is 0. The maximum Gasteiger partial charge on any atom is 0.322 e. The van der Waals surface area contributed by atoms with Crippen LogP contribution >= 0.6 is 11.6 Å². The highest BCUT2D eigenvalue weighted by molar-refractivity contribution is 6.30. The number of nitrogens with zero attached hydrogens (tertiary/aromatic N) is 2. The van der Waals surface area contributed by atoms with Crippen molar-refractivity contribution >= 4 is 23.3 Å². The summed E-state index contributed by atoms with van der Waals surface area (Å²) in [4.78, 5) is 17.1. The number of likely N-dealkylation sites (tertiary alicyclic amines) is 1. The predicted molar refractivity (Wildman–Crippen MR) is 111 cm³/mol. The van der Waals surface area contributed by atoms with Crippen molar-refractivity contribution in [2.24, 2.45) is 0 Å². The zero-order valence-electron chi connectivity index (χ0n) is 15.5. The molecule has 2 aromatic rings. The van der Waals surface area contributed by atoms with Crippen LogP contribution in [0.15, 0.2) is 48.5 Å². The molecule has 4 nitrogen and oxygen atoms in total. The first-order chi connectivity index (χ1) is 13.2. The van der Waals surface area contributed by atoms with Crippen molar-refractivity contribution in [3.05, 3.63) is 64.7 Å². The number of hydrogen-bond acceptors (Lipinski definition) is 2. The van der Waals surface area contributed by atoms with E-state index in [0.29, 0.717) is 0 Å². The summed E-state index contributed by atoms with van der Waals surface area (Å²) in [5, 5.41) is 3.99. The van der Waals surface area contributed by atoms with Crippen molar-refractivity contribution in [3.8, 4) is 0 Å². The SMILES string of the molecule is O=C(NC1CCCN(CCc2ccccc2)C1)N1CCc2cc(Cl)ccc21. The van der Waals surface area contributed by atoms with E-state index in [1.165, 1.54) is 5.56 Å². The third-order valence-electron chi connectivity index (χ3n) is 5.57. The largest absolute Gasteiger partial charge is 0.334 e. The van der Waals surface area contributed by atoms with Crippen LogP contribution < -0.4 is 10.2 Å². The van der Waals surface area contributed by atoms with Crippen LogP contribution in [0.25, 0.3) is 0 Å². The Hall–Kier alpha value is -2.04. The van der Waals surface area contributed by atoms with Gasteiger partial charge in [-0.3, -0.25) is 4.90 Å². The van der Waals surface area contributed by atoms with Crippen molar-refractivity contribution in [1.29, 1.82) is 0 Å². The molecule has 142 valence electrons. The fraction of sp³-hybridized carbons (Fsp3) is 0.409. The van der Waals surface area contributed by atoms with E-state index >= 15 is 0 Å². The van der Waals surface area contributed by atoms with E-state index in [2.05, 4.69) is 40.5 Å². The number of fused-ring (bicyclic) bond motifs is 1. The van der Waals surface area contributed by atoms with E-state index in [-0.39, 0.29) is 12.1 Å². The lowest BCUT2D eigenvalue weighted by Crippen LogP contribution is -2.51. The van der Waals surface area contributed by atoms with Crippen molar-refractivity contribution in [1.82, 2.24) is 10.2 Å². The normalized spacial score (nSPS) is 19.7. The fourth-order valence-corrected chi connectivity index (χ4v) is 4.34. The fourth-order valence-electron chi connectivity index (χ4n) is 4.14. The molecular weight excluding hydrogens is 358 g/mol. The topological polar surface area (TPSA) is 35.6 Å². The Balaban J connectivity index is 1.31. The van der Waals surface area contributed by atoms with Crippen molar-refractivity contribution in [2.45, 2.75) is 31.7 Å². The van der Waals surface area contributed by atoms with Crippen LogP contribution in [0.5, 0.6) is 0 Å². The molecule has 1 atom stereocenters. The molecule has 0 bridgehead atoms. The first-order valence-corrected chi connectivity index (χ1v) is 10.2. The number of benzene rings is 2. The number of rotatable bonds is 4. The second-order valence-corrected chi connectivity index (χ2v) is 7.94. The summed E-state index contributed by atoms with van der Waals surface area (Å²) in [6.07, 6.45) is 4.11. The third-order valence-corrected chi connectivity index (χ3v) is 5.81. The Morgan fingerprint density at radius 3 is 2.85 bits per heavy atom. The highest BCUT2D eigenvalue weighted by atomic mass is 35.5. The zero-order chi connectivity index (χ0) is 18.6. The van der Waals surface area contributed by atoms with Crippen molar-refractivity contribution in [3.63, 3.8) is 0 Å². The predicted octanol–water partition coefficient (Wildman–Crippen LogP) is 4.12. The van der Waals surface area contributed by atoms with Gasteiger partial charge in [-0.2, -0.15) is 0 Å². The lowest BCUT2D eigenvalue weighted by Gasteiger charge is -2.34. The Bertz CT molecular complexity index is 795. The number of amides is 2. The summed E-state index contributed by atoms with van der Waals surface area (Å²) in [7, 11) is 0. The molecule has 1 unspecified atom stereocenters. The van der Waals surface area contributed by atoms with Gasteiger partial charge in [-0.15, -0.1) is 0 Å². The first-order valence-electron chi connectivity index (χ1n) is 9.82. The minimum absolute atomic E-state index is 0.0194. The Labute approximate surface area is 166 Å². The van der Waals surface area contributed by atoms with E-state index in [1.54, 1.807) is 0 Å². The number of anilines is 1. The van der Waals surface area contributed by atoms with Crippen LogP contribution in [0.2, 0.25) is 5.02 Å². The maximum absolute atomic E-state index is 12.8. The molecule has 0 aromatic heterocycles. The average molecular weight is 384 g/mol. The van der Waals surface area contributed by atoms with Gasteiger partial charge in [0.05, 0.1) is 0 Å². The number of carbonyl (C=O) groups excluding carboxylic acids is 1. The molecule has 2 heterocycles. The van der Waals surface area contributed by atoms with Gasteiger partial charge >= 0.3 is 6.03 Å². The molecule has 0 spiro atoms. The zero-order valence-corrected chi connectivity index (χ0v) is 16.3. The van der Waals surface area contributed by atoms with E-state index in [1.807, 2.05) is 23.1 Å². The van der Waals surface area contributed by atoms with Gasteiger partial charge in [0, 0.05) is 36.4 Å². The molecule has 2 amide bonds. The number of halogens is 1. The number of urea groups is 1. The smallest absolute Gasteiger partial charge is 0.322 e. The highest BCUT2D eigenvalue weighted by Crippen LogP contribution is 2.30. The van der Waals surface area contributed by atoms with E-state index in [9.17, 15) is 4.79 Å². The van der Waals surface area contributed by atoms with Crippen LogP contribution in [0, 0.1) is 0 Å². The van der Waals surface area contributed by atoms with E-state index in [0.717, 1.165) is 68.1 Å². The standard InChI is InChI=1S/C22H26ClN3O/c23-19-8-9-21-18(15-19)11-14-26(21)22(27)24-20-7-4-12-25(16-20)13-10-17-5-2-1-3-6-17/h1-3,5-6,8-9,15,20H,4,7,10-14,16H2,(H,24,27). The quantitative estimate of drug-likeness (QED) is 0.862. The molecule has 2 aliphatic rings. The van der Waals surface area contributed by atoms with E-state index < -0.39 is 0 Å². The van der Waals surface area contributed by atoms with Crippen LogP contribution in [-0.2, 0) is 12.8 Å². The van der Waals surface area contributed by atoms with Crippen molar-refractivity contribution in [2.75, 3.05) is 31.1 Å². The van der Waals surface area contributed by atoms with Gasteiger partial charge in [-0.25, -0.2) is 4.79 Å². The molecule has 0 radical (unpaired) electrons. The summed E-state index contributed by atoms with van der Waals surface area (Å²) in [6, 6.07) is 16.6. The van der Waals surface area contributed by atoms with Crippen LogP contribution in [0.1, 0.15) is 24.0 Å². The van der Waals surface area contributed by atoms with Gasteiger partial charge in [0.25, 0.3) is 0 Å². The summed E-state index contributed by atoms with van der Waals surface area (Å²) >= 11 is 6.07. The van der Waals surface area contributed by atoms with E-state index in [4.69, 9.17) is 11.6 Å². The Morgan fingerprint density at radius 2 is 2.00 bits per heavy atom. The number of nitrogens with one attached hydrogen (secondary N) is 1. The number of piperidine rings is 1. The Morgan fingerprint density at radius 1 is 1.15 bits per heavy atom. The van der Waals surface area contributed by atoms with Gasteiger partial charge in [0.1, 0.15) is 0 Å². The molecule has 1 fully saturated rings. The summed E-state index contributed by atoms with van der Waals surface area (Å²) in [5.41, 5.74) is 3.52. The lowest BCUT2D eigenvalue weighted by atomic mass is 10.0. The molecule has 4 rings (SSSR count). The van der Waals surface area contributed by atoms with Gasteiger partial charge in [0.2, 0.25) is 0 Å². The number of hydrogen-bond donors (Lipinski definition) is 1. The molecule has 2 aliphatic heterocycles. The first kappa shape index (κ1) is 18.3. The molecule has 27 heavy (non-hydrogen) atoms. The van der Waals surface area contributed by atoms with Crippen LogP contribution in [0.4, 0.5) is 10.5 Å². The minimum atomic E-state index is 0.0194. The molecule has 5 heteroatoms. The highest BCUT2D eigenvalue weighted by Gasteiger charge is 2.28. The molecular formula is C22H26ClN3O. The third kappa shape index (κ3) is 4.45. The molecule has 0 saturated carbocycles. The second-order valence-electron chi connectivity index (χ2n) is 7.50. The molecule has 1 saturated heterocycles. The number of carbonyl (C=O) groups is 1. The second kappa shape index (κ2) is 8.32. The van der Waals surface area contributed by atoms with Gasteiger partial charge in [0.15, 0.2) is 0 Å². The van der Waals surface area contributed by atoms with Crippen molar-refractivity contribution < 1.29 is 4.79 Å². The molecule has 2 aromatic carbocycles. The molecule has 0 aliphatic carbocycles. The molecule has 1 N–H and O–H groups in total.